The molecule has 3 nitrogen and oxygen atoms in total. The summed E-state index contributed by atoms with van der Waals surface area (Å²) in [5.41, 5.74) is -0.0583. The van der Waals surface area contributed by atoms with Crippen LogP contribution < -0.4 is 0 Å². The van der Waals surface area contributed by atoms with Gasteiger partial charge in [0.15, 0.2) is 0 Å². The molecule has 1 aliphatic carbocycles. The second-order valence-corrected chi connectivity index (χ2v) is 7.14. The molecule has 0 aromatic heterocycles. The van der Waals surface area contributed by atoms with Gasteiger partial charge in [-0.2, -0.15) is 0 Å². The summed E-state index contributed by atoms with van der Waals surface area (Å²) >= 11 is 0. The van der Waals surface area contributed by atoms with E-state index in [0.29, 0.717) is 6.04 Å². The first-order valence-corrected chi connectivity index (χ1v) is 7.90. The summed E-state index contributed by atoms with van der Waals surface area (Å²) in [7, 11) is 4.42. The number of hydrogen-bond acceptors (Lipinski definition) is 3. The van der Waals surface area contributed by atoms with Gasteiger partial charge in [-0.15, -0.1) is 0 Å². The van der Waals surface area contributed by atoms with Gasteiger partial charge >= 0.3 is 0 Å². The Kier molecular flexibility index (Phi) is 5.02. The summed E-state index contributed by atoms with van der Waals surface area (Å²) in [5, 5.41) is 0. The lowest BCUT2D eigenvalue weighted by Gasteiger charge is -2.42. The molecule has 1 saturated heterocycles. The summed E-state index contributed by atoms with van der Waals surface area (Å²) in [6.07, 6.45) is 8.45. The average Bonchev–Trinajstić information content (AvgIpc) is 2.42. The zero-order valence-electron chi connectivity index (χ0n) is 12.9. The van der Waals surface area contributed by atoms with Crippen LogP contribution >= 0.6 is 0 Å². The molecule has 1 saturated carbocycles. The third-order valence-electron chi connectivity index (χ3n) is 5.31. The van der Waals surface area contributed by atoms with Crippen molar-refractivity contribution in [3.8, 4) is 0 Å². The maximum Gasteiger partial charge on any atom is 0.127 e. The molecular formula is C16H30N2O. The number of rotatable bonds is 4. The van der Waals surface area contributed by atoms with Gasteiger partial charge in [-0.3, -0.25) is 0 Å². The van der Waals surface area contributed by atoms with Crippen LogP contribution in [-0.2, 0) is 4.79 Å². The van der Waals surface area contributed by atoms with Crippen molar-refractivity contribution >= 4 is 6.29 Å². The highest BCUT2D eigenvalue weighted by atomic mass is 16.1. The molecule has 0 aromatic rings. The number of carbonyl (C=O) groups excluding carboxylic acids is 1. The summed E-state index contributed by atoms with van der Waals surface area (Å²) in [6.45, 7) is 5.65. The number of piperidine rings is 1. The largest absolute Gasteiger partial charge is 0.305 e. The molecule has 0 N–H and O–H groups in total. The van der Waals surface area contributed by atoms with Crippen LogP contribution in [0.15, 0.2) is 0 Å². The number of likely N-dealkylation sites (tertiary alicyclic amines) is 1. The van der Waals surface area contributed by atoms with E-state index in [1.165, 1.54) is 38.5 Å². The molecule has 0 aromatic carbocycles. The zero-order chi connectivity index (χ0) is 13.9. The lowest BCUT2D eigenvalue weighted by Crippen LogP contribution is -2.49. The van der Waals surface area contributed by atoms with Crippen LogP contribution in [0.2, 0.25) is 0 Å². The standard InChI is InChI=1S/C16H30N2O/c1-14-6-8-16(13-19,9-7-14)12-18(3)15-5-4-10-17(2)11-15/h13-15H,4-12H2,1-3H3. The molecule has 2 rings (SSSR count). The Hall–Kier alpha value is -0.410. The third kappa shape index (κ3) is 3.79. The second kappa shape index (κ2) is 6.36. The first-order valence-electron chi connectivity index (χ1n) is 7.90. The van der Waals surface area contributed by atoms with Crippen LogP contribution in [-0.4, -0.2) is 55.9 Å². The molecule has 1 atom stereocenters. The van der Waals surface area contributed by atoms with Crippen LogP contribution in [0.1, 0.15) is 45.4 Å². The minimum atomic E-state index is -0.0583. The van der Waals surface area contributed by atoms with E-state index in [-0.39, 0.29) is 5.41 Å². The van der Waals surface area contributed by atoms with Gasteiger partial charge in [0.05, 0.1) is 0 Å². The molecule has 2 aliphatic rings. The van der Waals surface area contributed by atoms with Crippen LogP contribution in [0.3, 0.4) is 0 Å². The van der Waals surface area contributed by atoms with E-state index >= 15 is 0 Å². The number of nitrogens with zero attached hydrogens (tertiary/aromatic N) is 2. The number of hydrogen-bond donors (Lipinski definition) is 0. The minimum Gasteiger partial charge on any atom is -0.305 e. The molecule has 0 radical (unpaired) electrons. The SMILES string of the molecule is CC1CCC(C=O)(CN(C)C2CCCN(C)C2)CC1. The lowest BCUT2D eigenvalue weighted by molar-refractivity contribution is -0.120. The first-order chi connectivity index (χ1) is 9.04. The Labute approximate surface area is 118 Å². The van der Waals surface area contributed by atoms with Gasteiger partial charge < -0.3 is 14.6 Å². The van der Waals surface area contributed by atoms with Gasteiger partial charge in [0, 0.05) is 24.5 Å². The summed E-state index contributed by atoms with van der Waals surface area (Å²) in [5.74, 6) is 0.805. The highest BCUT2D eigenvalue weighted by molar-refractivity contribution is 5.60. The normalized spacial score (nSPS) is 37.5. The highest BCUT2D eigenvalue weighted by Gasteiger charge is 2.36. The predicted octanol–water partition coefficient (Wildman–Crippen LogP) is 2.41. The molecule has 0 amide bonds. The van der Waals surface area contributed by atoms with Crippen molar-refractivity contribution in [1.29, 1.82) is 0 Å². The van der Waals surface area contributed by atoms with Gasteiger partial charge in [0.2, 0.25) is 0 Å². The number of likely N-dealkylation sites (N-methyl/N-ethyl adjacent to an activating group) is 2. The van der Waals surface area contributed by atoms with E-state index in [4.69, 9.17) is 0 Å². The van der Waals surface area contributed by atoms with Crippen LogP contribution in [0.4, 0.5) is 0 Å². The fourth-order valence-electron chi connectivity index (χ4n) is 3.78. The Balaban J connectivity index is 1.92. The first kappa shape index (κ1) is 15.0. The van der Waals surface area contributed by atoms with Gasteiger partial charge in [-0.25, -0.2) is 0 Å². The van der Waals surface area contributed by atoms with Gasteiger partial charge in [0.25, 0.3) is 0 Å². The maximum atomic E-state index is 11.6. The van der Waals surface area contributed by atoms with E-state index in [2.05, 4.69) is 30.8 Å². The number of aldehydes is 1. The van der Waals surface area contributed by atoms with Crippen molar-refractivity contribution in [2.24, 2.45) is 11.3 Å². The van der Waals surface area contributed by atoms with E-state index in [1.54, 1.807) is 0 Å². The molecule has 1 aliphatic heterocycles. The predicted molar refractivity (Wildman–Crippen MR) is 79.3 cm³/mol. The van der Waals surface area contributed by atoms with E-state index < -0.39 is 0 Å². The third-order valence-corrected chi connectivity index (χ3v) is 5.31. The molecule has 0 bridgehead atoms. The molecule has 1 unspecified atom stereocenters. The maximum absolute atomic E-state index is 11.6. The van der Waals surface area contributed by atoms with Crippen LogP contribution in [0, 0.1) is 11.3 Å². The van der Waals surface area contributed by atoms with Gasteiger partial charge in [-0.05, 0) is 65.1 Å². The molecule has 1 heterocycles. The van der Waals surface area contributed by atoms with Crippen molar-refractivity contribution < 1.29 is 4.79 Å². The molecule has 3 heteroatoms. The summed E-state index contributed by atoms with van der Waals surface area (Å²) in [4.78, 5) is 16.5. The number of carbonyl (C=O) groups is 1. The van der Waals surface area contributed by atoms with E-state index in [1.807, 2.05) is 0 Å². The second-order valence-electron chi connectivity index (χ2n) is 7.14. The molecule has 0 spiro atoms. The zero-order valence-corrected chi connectivity index (χ0v) is 12.9. The Morgan fingerprint density at radius 1 is 1.32 bits per heavy atom. The fraction of sp³-hybridized carbons (Fsp3) is 0.938. The van der Waals surface area contributed by atoms with Gasteiger partial charge in [-0.1, -0.05) is 6.92 Å². The summed E-state index contributed by atoms with van der Waals surface area (Å²) < 4.78 is 0. The lowest BCUT2D eigenvalue weighted by atomic mass is 9.71. The minimum absolute atomic E-state index is 0.0583. The molecule has 19 heavy (non-hydrogen) atoms. The topological polar surface area (TPSA) is 23.6 Å². The smallest absolute Gasteiger partial charge is 0.127 e. The Bertz CT molecular complexity index is 297. The van der Waals surface area contributed by atoms with Crippen molar-refractivity contribution in [3.63, 3.8) is 0 Å². The van der Waals surface area contributed by atoms with E-state index in [0.717, 1.165) is 31.8 Å². The summed E-state index contributed by atoms with van der Waals surface area (Å²) in [6, 6.07) is 0.634. The molecule has 2 fully saturated rings. The van der Waals surface area contributed by atoms with Crippen LogP contribution in [0.25, 0.3) is 0 Å². The highest BCUT2D eigenvalue weighted by Crippen LogP contribution is 2.38. The van der Waals surface area contributed by atoms with Crippen molar-refractivity contribution in [1.82, 2.24) is 9.80 Å². The molecular weight excluding hydrogens is 236 g/mol. The average molecular weight is 266 g/mol. The Morgan fingerprint density at radius 2 is 2.00 bits per heavy atom. The van der Waals surface area contributed by atoms with Crippen molar-refractivity contribution in [2.75, 3.05) is 33.7 Å². The van der Waals surface area contributed by atoms with Crippen LogP contribution in [0.5, 0.6) is 0 Å². The van der Waals surface area contributed by atoms with Crippen molar-refractivity contribution in [2.45, 2.75) is 51.5 Å². The van der Waals surface area contributed by atoms with Gasteiger partial charge in [0.1, 0.15) is 6.29 Å². The molecule has 110 valence electrons. The fourth-order valence-corrected chi connectivity index (χ4v) is 3.78. The van der Waals surface area contributed by atoms with Crippen molar-refractivity contribution in [3.05, 3.63) is 0 Å². The quantitative estimate of drug-likeness (QED) is 0.730. The monoisotopic (exact) mass is 266 g/mol. The van der Waals surface area contributed by atoms with E-state index in [9.17, 15) is 4.79 Å². The Morgan fingerprint density at radius 3 is 2.58 bits per heavy atom.